The predicted octanol–water partition coefficient (Wildman–Crippen LogP) is 3.59. The second-order valence-electron chi connectivity index (χ2n) is 4.94. The number of nitriles is 1. The number of hydrogen-bond acceptors (Lipinski definition) is 4. The number of benzene rings is 1. The van der Waals surface area contributed by atoms with E-state index >= 15 is 0 Å². The van der Waals surface area contributed by atoms with E-state index in [9.17, 15) is 5.26 Å². The number of anilines is 1. The van der Waals surface area contributed by atoms with Crippen molar-refractivity contribution in [2.75, 3.05) is 18.5 Å². The maximum absolute atomic E-state index is 9.73. The van der Waals surface area contributed by atoms with Gasteiger partial charge < -0.3 is 10.4 Å². The summed E-state index contributed by atoms with van der Waals surface area (Å²) in [5.41, 5.74) is 2.61. The quantitative estimate of drug-likeness (QED) is 0.676. The van der Waals surface area contributed by atoms with Crippen molar-refractivity contribution >= 4 is 33.0 Å². The summed E-state index contributed by atoms with van der Waals surface area (Å²) in [4.78, 5) is 3.65. The minimum atomic E-state index is -0.0813. The Kier molecular flexibility index (Phi) is 4.48. The topological polar surface area (TPSA) is 77.7 Å². The molecule has 0 spiro atoms. The largest absolute Gasteiger partial charge is 0.395 e. The zero-order valence-corrected chi connectivity index (χ0v) is 14.1. The second-order valence-corrected chi connectivity index (χ2v) is 5.79. The molecule has 2 N–H and O–H groups in total. The van der Waals surface area contributed by atoms with Crippen molar-refractivity contribution < 1.29 is 5.11 Å². The Morgan fingerprint density at radius 1 is 1.38 bits per heavy atom. The Balaban J connectivity index is 2.47. The SMILES string of the molecule is [C-]#[N+]c1c(-c2ccccc2)c(C#N)c2c(Br)cnn2c1NCCO. The minimum Gasteiger partial charge on any atom is -0.395 e. The Hall–Kier alpha value is -2.87. The number of aromatic nitrogens is 2. The number of rotatable bonds is 4. The van der Waals surface area contributed by atoms with Gasteiger partial charge in [-0.3, -0.25) is 0 Å². The van der Waals surface area contributed by atoms with Gasteiger partial charge in [-0.2, -0.15) is 10.4 Å². The average molecular weight is 382 g/mol. The van der Waals surface area contributed by atoms with Crippen LogP contribution in [0.3, 0.4) is 0 Å². The molecule has 0 radical (unpaired) electrons. The molecule has 2 aromatic heterocycles. The van der Waals surface area contributed by atoms with E-state index in [0.29, 0.717) is 32.6 Å². The molecule has 0 aliphatic heterocycles. The number of nitrogens with one attached hydrogen (secondary N) is 1. The van der Waals surface area contributed by atoms with Crippen LogP contribution in [0.2, 0.25) is 0 Å². The third-order valence-corrected chi connectivity index (χ3v) is 4.15. The smallest absolute Gasteiger partial charge is 0.237 e. The highest BCUT2D eigenvalue weighted by atomic mass is 79.9. The molecule has 0 saturated heterocycles. The molecule has 7 heteroatoms. The molecule has 2 heterocycles. The van der Waals surface area contributed by atoms with Crippen molar-refractivity contribution in [1.82, 2.24) is 9.61 Å². The van der Waals surface area contributed by atoms with Gasteiger partial charge in [0.05, 0.1) is 34.9 Å². The highest BCUT2D eigenvalue weighted by molar-refractivity contribution is 9.10. The van der Waals surface area contributed by atoms with Crippen LogP contribution in [-0.4, -0.2) is 27.9 Å². The van der Waals surface area contributed by atoms with E-state index in [1.54, 1.807) is 6.20 Å². The molecule has 0 amide bonds. The van der Waals surface area contributed by atoms with E-state index < -0.39 is 0 Å². The molecule has 3 rings (SSSR count). The summed E-state index contributed by atoms with van der Waals surface area (Å²) < 4.78 is 2.19. The van der Waals surface area contributed by atoms with Crippen LogP contribution < -0.4 is 5.32 Å². The Labute approximate surface area is 146 Å². The molecule has 3 aromatic rings. The van der Waals surface area contributed by atoms with Crippen molar-refractivity contribution in [3.8, 4) is 17.2 Å². The lowest BCUT2D eigenvalue weighted by molar-refractivity contribution is 0.311. The number of hydrogen-bond donors (Lipinski definition) is 2. The van der Waals surface area contributed by atoms with Crippen molar-refractivity contribution in [3.05, 3.63) is 58.0 Å². The highest BCUT2D eigenvalue weighted by Crippen LogP contribution is 2.42. The lowest BCUT2D eigenvalue weighted by Gasteiger charge is -2.16. The average Bonchev–Trinajstić information content (AvgIpc) is 3.01. The van der Waals surface area contributed by atoms with Crippen molar-refractivity contribution in [3.63, 3.8) is 0 Å². The van der Waals surface area contributed by atoms with Crippen molar-refractivity contribution in [2.24, 2.45) is 0 Å². The fourth-order valence-electron chi connectivity index (χ4n) is 2.62. The molecular formula is C17H12BrN5O. The highest BCUT2D eigenvalue weighted by Gasteiger charge is 2.23. The van der Waals surface area contributed by atoms with Gasteiger partial charge in [0.1, 0.15) is 11.9 Å². The molecule has 0 aliphatic rings. The first-order chi connectivity index (χ1) is 11.7. The fraction of sp³-hybridized carbons (Fsp3) is 0.118. The number of halogens is 1. The molecule has 0 unspecified atom stereocenters. The van der Waals surface area contributed by atoms with Crippen molar-refractivity contribution in [2.45, 2.75) is 0 Å². The first kappa shape index (κ1) is 16.0. The first-order valence-corrected chi connectivity index (χ1v) is 7.93. The molecule has 118 valence electrons. The molecule has 24 heavy (non-hydrogen) atoms. The molecule has 0 atom stereocenters. The zero-order chi connectivity index (χ0) is 17.1. The fourth-order valence-corrected chi connectivity index (χ4v) is 3.07. The third-order valence-electron chi connectivity index (χ3n) is 3.57. The summed E-state index contributed by atoms with van der Waals surface area (Å²) >= 11 is 3.42. The normalized spacial score (nSPS) is 10.3. The van der Waals surface area contributed by atoms with Crippen LogP contribution in [0, 0.1) is 17.9 Å². The zero-order valence-electron chi connectivity index (χ0n) is 12.5. The summed E-state index contributed by atoms with van der Waals surface area (Å²) in [6.07, 6.45) is 1.59. The van der Waals surface area contributed by atoms with Crippen LogP contribution >= 0.6 is 15.9 Å². The van der Waals surface area contributed by atoms with E-state index in [2.05, 4.69) is 37.3 Å². The molecule has 1 aromatic carbocycles. The van der Waals surface area contributed by atoms with Gasteiger partial charge in [-0.1, -0.05) is 30.3 Å². The van der Waals surface area contributed by atoms with Gasteiger partial charge in [0, 0.05) is 12.1 Å². The van der Waals surface area contributed by atoms with Gasteiger partial charge in [-0.05, 0) is 21.5 Å². The molecule has 6 nitrogen and oxygen atoms in total. The van der Waals surface area contributed by atoms with Crippen LogP contribution in [0.25, 0.3) is 21.5 Å². The summed E-state index contributed by atoms with van der Waals surface area (Å²) in [7, 11) is 0. The van der Waals surface area contributed by atoms with E-state index in [1.807, 2.05) is 30.3 Å². The van der Waals surface area contributed by atoms with E-state index in [1.165, 1.54) is 4.52 Å². The van der Waals surface area contributed by atoms with Gasteiger partial charge in [0.25, 0.3) is 0 Å². The maximum Gasteiger partial charge on any atom is 0.237 e. The van der Waals surface area contributed by atoms with E-state index in [4.69, 9.17) is 11.7 Å². The van der Waals surface area contributed by atoms with Gasteiger partial charge in [0.15, 0.2) is 0 Å². The van der Waals surface area contributed by atoms with Crippen LogP contribution in [0.15, 0.2) is 41.0 Å². The first-order valence-electron chi connectivity index (χ1n) is 7.13. The van der Waals surface area contributed by atoms with Crippen LogP contribution in [0.1, 0.15) is 5.56 Å². The van der Waals surface area contributed by atoms with E-state index in [0.717, 1.165) is 5.56 Å². The number of pyridine rings is 1. The molecule has 0 bridgehead atoms. The summed E-state index contributed by atoms with van der Waals surface area (Å²) in [5.74, 6) is 0.456. The summed E-state index contributed by atoms with van der Waals surface area (Å²) in [6, 6.07) is 11.5. The monoisotopic (exact) mass is 381 g/mol. The van der Waals surface area contributed by atoms with Gasteiger partial charge in [-0.15, -0.1) is 0 Å². The van der Waals surface area contributed by atoms with Crippen LogP contribution in [0.4, 0.5) is 11.5 Å². The maximum atomic E-state index is 9.73. The van der Waals surface area contributed by atoms with Gasteiger partial charge in [-0.25, -0.2) is 9.36 Å². The number of fused-ring (bicyclic) bond motifs is 1. The number of aliphatic hydroxyl groups is 1. The van der Waals surface area contributed by atoms with Crippen LogP contribution in [0.5, 0.6) is 0 Å². The summed E-state index contributed by atoms with van der Waals surface area (Å²) in [5, 5.41) is 26.1. The van der Waals surface area contributed by atoms with Gasteiger partial charge >= 0.3 is 0 Å². The van der Waals surface area contributed by atoms with Gasteiger partial charge in [0.2, 0.25) is 5.69 Å². The summed E-state index contributed by atoms with van der Waals surface area (Å²) in [6.45, 7) is 7.82. The Bertz CT molecular complexity index is 982. The number of aliphatic hydroxyl groups excluding tert-OH is 1. The lowest BCUT2D eigenvalue weighted by Crippen LogP contribution is -2.11. The lowest BCUT2D eigenvalue weighted by atomic mass is 9.98. The van der Waals surface area contributed by atoms with Crippen molar-refractivity contribution in [1.29, 1.82) is 5.26 Å². The second kappa shape index (κ2) is 6.71. The van der Waals surface area contributed by atoms with Crippen LogP contribution in [-0.2, 0) is 0 Å². The number of nitrogens with zero attached hydrogens (tertiary/aromatic N) is 4. The molecular weight excluding hydrogens is 370 g/mol. The third kappa shape index (κ3) is 2.50. The van der Waals surface area contributed by atoms with E-state index in [-0.39, 0.29) is 13.2 Å². The predicted molar refractivity (Wildman–Crippen MR) is 94.9 cm³/mol. The molecule has 0 aliphatic carbocycles. The Morgan fingerprint density at radius 3 is 2.75 bits per heavy atom. The standard InChI is InChI=1S/C17H12BrN5O/c1-20-15-14(11-5-3-2-4-6-11)12(9-19)16-13(18)10-22-23(16)17(15)21-7-8-24/h2-6,10,21,24H,7-8H2. The Morgan fingerprint density at radius 2 is 2.12 bits per heavy atom. The minimum absolute atomic E-state index is 0.0813. The molecule has 0 saturated carbocycles. The molecule has 0 fully saturated rings.